The van der Waals surface area contributed by atoms with Gasteiger partial charge in [0.15, 0.2) is 0 Å². The lowest BCUT2D eigenvalue weighted by Gasteiger charge is -2.32. The van der Waals surface area contributed by atoms with Crippen molar-refractivity contribution < 1.29 is 4.74 Å². The minimum Gasteiger partial charge on any atom is -0.380 e. The first-order chi connectivity index (χ1) is 11.3. The Morgan fingerprint density at radius 2 is 2.17 bits per heavy atom. The molecule has 0 unspecified atom stereocenters. The minimum absolute atomic E-state index is 0.397. The summed E-state index contributed by atoms with van der Waals surface area (Å²) in [5, 5.41) is 4.46. The van der Waals surface area contributed by atoms with Crippen molar-refractivity contribution in [1.82, 2.24) is 19.7 Å². The normalized spacial score (nSPS) is 21.3. The van der Waals surface area contributed by atoms with E-state index in [1.165, 1.54) is 24.1 Å². The number of pyridine rings is 1. The van der Waals surface area contributed by atoms with Gasteiger partial charge in [-0.1, -0.05) is 6.07 Å². The summed E-state index contributed by atoms with van der Waals surface area (Å²) in [4.78, 5) is 6.91. The number of aromatic nitrogens is 3. The fraction of sp³-hybridized carbons (Fsp3) is 0.556. The van der Waals surface area contributed by atoms with Gasteiger partial charge in [0, 0.05) is 56.7 Å². The molecule has 0 spiro atoms. The summed E-state index contributed by atoms with van der Waals surface area (Å²) in [6.07, 6.45) is 6.56. The van der Waals surface area contributed by atoms with Gasteiger partial charge >= 0.3 is 0 Å². The van der Waals surface area contributed by atoms with Gasteiger partial charge in [0.05, 0.1) is 18.5 Å². The van der Waals surface area contributed by atoms with Gasteiger partial charge in [-0.15, -0.1) is 0 Å². The molecule has 1 saturated carbocycles. The largest absolute Gasteiger partial charge is 0.380 e. The monoisotopic (exact) mass is 312 g/mol. The molecule has 0 aromatic carbocycles. The molecular formula is C18H24N4O. The molecule has 3 heterocycles. The molecule has 5 nitrogen and oxygen atoms in total. The van der Waals surface area contributed by atoms with Crippen molar-refractivity contribution >= 4 is 0 Å². The van der Waals surface area contributed by atoms with E-state index in [2.05, 4.69) is 27.1 Å². The highest BCUT2D eigenvalue weighted by molar-refractivity contribution is 5.25. The van der Waals surface area contributed by atoms with E-state index in [0.717, 1.165) is 44.5 Å². The summed E-state index contributed by atoms with van der Waals surface area (Å²) < 4.78 is 8.02. The molecule has 23 heavy (non-hydrogen) atoms. The van der Waals surface area contributed by atoms with Crippen LogP contribution in [0.4, 0.5) is 0 Å². The lowest BCUT2D eigenvalue weighted by atomic mass is 9.96. The Kier molecular flexibility index (Phi) is 4.14. The molecule has 2 aliphatic rings. The highest BCUT2D eigenvalue weighted by Crippen LogP contribution is 2.31. The van der Waals surface area contributed by atoms with Crippen molar-refractivity contribution in [2.24, 2.45) is 13.0 Å². The third-order valence-corrected chi connectivity index (χ3v) is 4.80. The highest BCUT2D eigenvalue weighted by Gasteiger charge is 2.30. The zero-order chi connectivity index (χ0) is 15.6. The van der Waals surface area contributed by atoms with E-state index in [9.17, 15) is 0 Å². The van der Waals surface area contributed by atoms with Crippen LogP contribution in [0.3, 0.4) is 0 Å². The van der Waals surface area contributed by atoms with Crippen LogP contribution in [0.25, 0.3) is 0 Å². The Labute approximate surface area is 137 Å². The van der Waals surface area contributed by atoms with Crippen LogP contribution in [-0.2, 0) is 24.9 Å². The average Bonchev–Trinajstić information content (AvgIpc) is 3.31. The van der Waals surface area contributed by atoms with Gasteiger partial charge in [0.2, 0.25) is 0 Å². The van der Waals surface area contributed by atoms with Gasteiger partial charge in [-0.2, -0.15) is 5.10 Å². The van der Waals surface area contributed by atoms with E-state index < -0.39 is 0 Å². The number of rotatable bonds is 6. The van der Waals surface area contributed by atoms with Gasteiger partial charge in [-0.05, 0) is 30.9 Å². The number of nitrogens with zero attached hydrogens (tertiary/aromatic N) is 4. The molecule has 4 rings (SSSR count). The van der Waals surface area contributed by atoms with E-state index >= 15 is 0 Å². The van der Waals surface area contributed by atoms with Crippen molar-refractivity contribution in [3.8, 4) is 0 Å². The van der Waals surface area contributed by atoms with E-state index in [4.69, 9.17) is 4.74 Å². The van der Waals surface area contributed by atoms with Crippen LogP contribution in [0.1, 0.15) is 35.7 Å². The Morgan fingerprint density at radius 3 is 2.96 bits per heavy atom. The van der Waals surface area contributed by atoms with Crippen molar-refractivity contribution in [3.05, 3.63) is 47.5 Å². The third kappa shape index (κ3) is 3.46. The van der Waals surface area contributed by atoms with Crippen LogP contribution < -0.4 is 0 Å². The number of fused-ring (bicyclic) bond motifs is 1. The van der Waals surface area contributed by atoms with Crippen LogP contribution in [0.15, 0.2) is 30.6 Å². The Morgan fingerprint density at radius 1 is 1.26 bits per heavy atom. The zero-order valence-electron chi connectivity index (χ0n) is 13.7. The molecule has 0 radical (unpaired) electrons. The van der Waals surface area contributed by atoms with Crippen molar-refractivity contribution in [2.75, 3.05) is 19.8 Å². The first-order valence-corrected chi connectivity index (χ1v) is 8.50. The zero-order valence-corrected chi connectivity index (χ0v) is 13.7. The molecule has 5 heteroatoms. The molecule has 1 atom stereocenters. The van der Waals surface area contributed by atoms with E-state index in [1.54, 1.807) is 0 Å². The molecule has 1 aliphatic heterocycles. The van der Waals surface area contributed by atoms with Crippen molar-refractivity contribution in [2.45, 2.75) is 31.8 Å². The predicted octanol–water partition coefficient (Wildman–Crippen LogP) is 2.34. The lowest BCUT2D eigenvalue weighted by Crippen LogP contribution is -2.36. The molecule has 2 aromatic heterocycles. The summed E-state index contributed by atoms with van der Waals surface area (Å²) in [5.74, 6) is 1.21. The second-order valence-electron chi connectivity index (χ2n) is 6.85. The number of hydrogen-bond donors (Lipinski definition) is 0. The summed E-state index contributed by atoms with van der Waals surface area (Å²) >= 11 is 0. The van der Waals surface area contributed by atoms with Crippen LogP contribution >= 0.6 is 0 Å². The molecule has 2 aromatic rings. The summed E-state index contributed by atoms with van der Waals surface area (Å²) in [5.41, 5.74) is 3.80. The Balaban J connectivity index is 1.46. The number of hydrogen-bond acceptors (Lipinski definition) is 4. The second kappa shape index (κ2) is 6.42. The third-order valence-electron chi connectivity index (χ3n) is 4.80. The quantitative estimate of drug-likeness (QED) is 0.821. The summed E-state index contributed by atoms with van der Waals surface area (Å²) in [6.45, 7) is 4.55. The molecule has 0 bridgehead atoms. The van der Waals surface area contributed by atoms with E-state index in [-0.39, 0.29) is 0 Å². The second-order valence-corrected chi connectivity index (χ2v) is 6.85. The maximum absolute atomic E-state index is 5.99. The highest BCUT2D eigenvalue weighted by atomic mass is 16.5. The molecule has 1 fully saturated rings. The van der Waals surface area contributed by atoms with Crippen LogP contribution in [0.2, 0.25) is 0 Å². The fourth-order valence-electron chi connectivity index (χ4n) is 3.48. The van der Waals surface area contributed by atoms with Gasteiger partial charge < -0.3 is 4.74 Å². The molecule has 122 valence electrons. The van der Waals surface area contributed by atoms with Crippen LogP contribution in [0.5, 0.6) is 0 Å². The average molecular weight is 312 g/mol. The maximum Gasteiger partial charge on any atom is 0.0562 e. The standard InChI is InChI=1S/C18H24N4O/c1-21-18-15(8-20-21)9-22(11-17-4-2-3-7-19-17)10-16(18)13-23-12-14-5-6-14/h2-4,7-8,14,16H,5-6,9-13H2,1H3/t16-/m0/s1. The number of aryl methyl sites for hydroxylation is 1. The summed E-state index contributed by atoms with van der Waals surface area (Å²) in [6, 6.07) is 6.11. The summed E-state index contributed by atoms with van der Waals surface area (Å²) in [7, 11) is 2.04. The topological polar surface area (TPSA) is 43.2 Å². The van der Waals surface area contributed by atoms with Gasteiger partial charge in [-0.3, -0.25) is 14.6 Å². The van der Waals surface area contributed by atoms with E-state index in [0.29, 0.717) is 5.92 Å². The minimum atomic E-state index is 0.397. The fourth-order valence-corrected chi connectivity index (χ4v) is 3.48. The Bertz CT molecular complexity index is 650. The van der Waals surface area contributed by atoms with Gasteiger partial charge in [0.25, 0.3) is 0 Å². The molecule has 1 aliphatic carbocycles. The SMILES string of the molecule is Cn1ncc2c1[C@H](COCC1CC1)CN(Cc1ccccn1)C2. The maximum atomic E-state index is 5.99. The predicted molar refractivity (Wildman–Crippen MR) is 87.8 cm³/mol. The van der Waals surface area contributed by atoms with Crippen molar-refractivity contribution in [1.29, 1.82) is 0 Å². The lowest BCUT2D eigenvalue weighted by molar-refractivity contribution is 0.0867. The Hall–Kier alpha value is -1.72. The first kappa shape index (κ1) is 14.8. The number of ether oxygens (including phenoxy) is 1. The molecule has 0 amide bonds. The molecular weight excluding hydrogens is 288 g/mol. The molecule has 0 N–H and O–H groups in total. The van der Waals surface area contributed by atoms with Gasteiger partial charge in [0.1, 0.15) is 0 Å². The van der Waals surface area contributed by atoms with Crippen LogP contribution in [0, 0.1) is 5.92 Å². The van der Waals surface area contributed by atoms with Crippen LogP contribution in [-0.4, -0.2) is 39.4 Å². The van der Waals surface area contributed by atoms with Gasteiger partial charge in [-0.25, -0.2) is 0 Å². The molecule has 0 saturated heterocycles. The smallest absolute Gasteiger partial charge is 0.0562 e. The first-order valence-electron chi connectivity index (χ1n) is 8.50. The van der Waals surface area contributed by atoms with Crippen molar-refractivity contribution in [3.63, 3.8) is 0 Å². The van der Waals surface area contributed by atoms with E-state index in [1.807, 2.05) is 30.2 Å².